The zero-order valence-corrected chi connectivity index (χ0v) is 16.6. The van der Waals surface area contributed by atoms with Crippen molar-refractivity contribution in [3.8, 4) is 5.75 Å². The largest absolute Gasteiger partial charge is 0.497 e. The van der Waals surface area contributed by atoms with Crippen LogP contribution in [0.15, 0.2) is 60.9 Å². The van der Waals surface area contributed by atoms with Crippen LogP contribution >= 0.6 is 11.6 Å². The molecule has 0 spiro atoms. The topological polar surface area (TPSA) is 63.2 Å². The van der Waals surface area contributed by atoms with Crippen LogP contribution in [0.3, 0.4) is 0 Å². The summed E-state index contributed by atoms with van der Waals surface area (Å²) >= 11 is 6.11. The van der Waals surface area contributed by atoms with Gasteiger partial charge in [0.25, 0.3) is 5.91 Å². The van der Waals surface area contributed by atoms with E-state index in [0.717, 1.165) is 23.4 Å². The van der Waals surface area contributed by atoms with Gasteiger partial charge in [-0.15, -0.1) is 0 Å². The number of anilines is 2. The van der Waals surface area contributed by atoms with E-state index in [9.17, 15) is 4.79 Å². The highest BCUT2D eigenvalue weighted by molar-refractivity contribution is 6.31. The standard InChI is InChI=1S/C22H22ClN3O2/c1-15-20(23)7-4-8-21(15)26-22(27)17-12-18(14-24-13-17)25-10-9-16-5-3-6-19(11-16)28-2/h3-8,11-14,25H,9-10H2,1-2H3,(H,26,27). The Morgan fingerprint density at radius 1 is 1.14 bits per heavy atom. The normalized spacial score (nSPS) is 10.4. The van der Waals surface area contributed by atoms with Crippen molar-refractivity contribution in [2.45, 2.75) is 13.3 Å². The molecule has 2 aromatic carbocycles. The second-order valence-corrected chi connectivity index (χ2v) is 6.76. The molecular weight excluding hydrogens is 374 g/mol. The Bertz CT molecular complexity index is 976. The van der Waals surface area contributed by atoms with Gasteiger partial charge in [-0.1, -0.05) is 29.8 Å². The molecule has 144 valence electrons. The molecule has 1 aromatic heterocycles. The van der Waals surface area contributed by atoms with Crippen molar-refractivity contribution in [3.05, 3.63) is 82.6 Å². The van der Waals surface area contributed by atoms with Crippen LogP contribution in [0.5, 0.6) is 5.75 Å². The van der Waals surface area contributed by atoms with Gasteiger partial charge < -0.3 is 15.4 Å². The van der Waals surface area contributed by atoms with Gasteiger partial charge in [0.05, 0.1) is 18.4 Å². The van der Waals surface area contributed by atoms with Gasteiger partial charge in [-0.05, 0) is 54.8 Å². The number of carbonyl (C=O) groups excluding carboxylic acids is 1. The van der Waals surface area contributed by atoms with Gasteiger partial charge in [0.15, 0.2) is 0 Å². The first-order chi connectivity index (χ1) is 13.6. The molecule has 0 unspecified atom stereocenters. The maximum atomic E-state index is 12.6. The lowest BCUT2D eigenvalue weighted by Crippen LogP contribution is -2.14. The summed E-state index contributed by atoms with van der Waals surface area (Å²) in [5.41, 5.74) is 3.96. The predicted octanol–water partition coefficient (Wildman–Crippen LogP) is 4.96. The van der Waals surface area contributed by atoms with Crippen LogP contribution in [0.25, 0.3) is 0 Å². The monoisotopic (exact) mass is 395 g/mol. The number of methoxy groups -OCH3 is 1. The number of aromatic nitrogens is 1. The van der Waals surface area contributed by atoms with E-state index in [2.05, 4.69) is 21.7 Å². The number of pyridine rings is 1. The summed E-state index contributed by atoms with van der Waals surface area (Å²) in [7, 11) is 1.66. The third-order valence-corrected chi connectivity index (χ3v) is 4.80. The molecule has 0 fully saturated rings. The van der Waals surface area contributed by atoms with E-state index in [1.165, 1.54) is 5.56 Å². The number of amides is 1. The molecule has 1 amide bonds. The van der Waals surface area contributed by atoms with E-state index in [4.69, 9.17) is 16.3 Å². The van der Waals surface area contributed by atoms with E-state index >= 15 is 0 Å². The highest BCUT2D eigenvalue weighted by Crippen LogP contribution is 2.23. The van der Waals surface area contributed by atoms with Crippen molar-refractivity contribution < 1.29 is 9.53 Å². The molecule has 28 heavy (non-hydrogen) atoms. The van der Waals surface area contributed by atoms with E-state index < -0.39 is 0 Å². The molecule has 0 aliphatic heterocycles. The Morgan fingerprint density at radius 3 is 2.79 bits per heavy atom. The molecule has 3 rings (SSSR count). The Kier molecular flexibility index (Phi) is 6.50. The minimum atomic E-state index is -0.227. The van der Waals surface area contributed by atoms with Gasteiger partial charge in [-0.3, -0.25) is 9.78 Å². The Balaban J connectivity index is 1.61. The summed E-state index contributed by atoms with van der Waals surface area (Å²) < 4.78 is 5.24. The highest BCUT2D eigenvalue weighted by Gasteiger charge is 2.10. The number of hydrogen-bond acceptors (Lipinski definition) is 4. The lowest BCUT2D eigenvalue weighted by Gasteiger charge is -2.11. The number of ether oxygens (including phenoxy) is 1. The third kappa shape index (κ3) is 5.02. The van der Waals surface area contributed by atoms with Crippen LogP contribution in [-0.4, -0.2) is 24.5 Å². The molecule has 0 bridgehead atoms. The fourth-order valence-electron chi connectivity index (χ4n) is 2.78. The summed E-state index contributed by atoms with van der Waals surface area (Å²) in [4.78, 5) is 16.7. The van der Waals surface area contributed by atoms with Crippen molar-refractivity contribution in [2.24, 2.45) is 0 Å². The van der Waals surface area contributed by atoms with Crippen LogP contribution in [-0.2, 0) is 6.42 Å². The van der Waals surface area contributed by atoms with E-state index in [1.54, 1.807) is 37.7 Å². The number of nitrogens with zero attached hydrogens (tertiary/aromatic N) is 1. The minimum absolute atomic E-state index is 0.227. The van der Waals surface area contributed by atoms with Gasteiger partial charge in [0.1, 0.15) is 5.75 Å². The SMILES string of the molecule is COc1cccc(CCNc2cncc(C(=O)Nc3cccc(Cl)c3C)c2)c1. The van der Waals surface area contributed by atoms with Crippen LogP contribution in [0.2, 0.25) is 5.02 Å². The molecule has 0 radical (unpaired) electrons. The third-order valence-electron chi connectivity index (χ3n) is 4.39. The fraction of sp³-hybridized carbons (Fsp3) is 0.182. The molecule has 3 aromatic rings. The predicted molar refractivity (Wildman–Crippen MR) is 114 cm³/mol. The summed E-state index contributed by atoms with van der Waals surface area (Å²) in [5, 5.41) is 6.80. The molecule has 1 heterocycles. The lowest BCUT2D eigenvalue weighted by molar-refractivity contribution is 0.102. The average Bonchev–Trinajstić information content (AvgIpc) is 2.72. The smallest absolute Gasteiger partial charge is 0.257 e. The summed E-state index contributed by atoms with van der Waals surface area (Å²) in [6.45, 7) is 2.58. The Morgan fingerprint density at radius 2 is 1.96 bits per heavy atom. The van der Waals surface area contributed by atoms with Gasteiger partial charge in [-0.2, -0.15) is 0 Å². The molecule has 2 N–H and O–H groups in total. The quantitative estimate of drug-likeness (QED) is 0.593. The minimum Gasteiger partial charge on any atom is -0.497 e. The fourth-order valence-corrected chi connectivity index (χ4v) is 2.95. The first-order valence-electron chi connectivity index (χ1n) is 8.95. The summed E-state index contributed by atoms with van der Waals surface area (Å²) in [6.07, 6.45) is 4.07. The lowest BCUT2D eigenvalue weighted by atomic mass is 10.1. The first kappa shape index (κ1) is 19.7. The number of hydrogen-bond donors (Lipinski definition) is 2. The Labute approximate surface area is 169 Å². The molecule has 5 nitrogen and oxygen atoms in total. The van der Waals surface area contributed by atoms with Crippen molar-refractivity contribution in [1.29, 1.82) is 0 Å². The van der Waals surface area contributed by atoms with Crippen LogP contribution < -0.4 is 15.4 Å². The maximum absolute atomic E-state index is 12.6. The molecule has 0 aliphatic rings. The van der Waals surface area contributed by atoms with Crippen molar-refractivity contribution >= 4 is 28.9 Å². The Hall–Kier alpha value is -3.05. The van der Waals surface area contributed by atoms with Crippen molar-refractivity contribution in [2.75, 3.05) is 24.3 Å². The number of carbonyl (C=O) groups is 1. The number of rotatable bonds is 7. The van der Waals surface area contributed by atoms with E-state index in [-0.39, 0.29) is 5.91 Å². The maximum Gasteiger partial charge on any atom is 0.257 e. The van der Waals surface area contributed by atoms with E-state index in [1.807, 2.05) is 31.2 Å². The molecule has 0 aliphatic carbocycles. The molecule has 0 saturated heterocycles. The van der Waals surface area contributed by atoms with Gasteiger partial charge in [0, 0.05) is 29.6 Å². The zero-order valence-electron chi connectivity index (χ0n) is 15.8. The second kappa shape index (κ2) is 9.24. The second-order valence-electron chi connectivity index (χ2n) is 6.36. The number of benzene rings is 2. The van der Waals surface area contributed by atoms with Gasteiger partial charge >= 0.3 is 0 Å². The first-order valence-corrected chi connectivity index (χ1v) is 9.33. The van der Waals surface area contributed by atoms with Crippen LogP contribution in [0, 0.1) is 6.92 Å². The molecule has 6 heteroatoms. The molecule has 0 saturated carbocycles. The van der Waals surface area contributed by atoms with E-state index in [0.29, 0.717) is 22.8 Å². The molecular formula is C22H22ClN3O2. The van der Waals surface area contributed by atoms with Gasteiger partial charge in [-0.25, -0.2) is 0 Å². The number of nitrogens with one attached hydrogen (secondary N) is 2. The highest BCUT2D eigenvalue weighted by atomic mass is 35.5. The summed E-state index contributed by atoms with van der Waals surface area (Å²) in [6, 6.07) is 15.2. The van der Waals surface area contributed by atoms with Gasteiger partial charge in [0.2, 0.25) is 0 Å². The van der Waals surface area contributed by atoms with Crippen molar-refractivity contribution in [1.82, 2.24) is 4.98 Å². The average molecular weight is 396 g/mol. The summed E-state index contributed by atoms with van der Waals surface area (Å²) in [5.74, 6) is 0.614. The van der Waals surface area contributed by atoms with Crippen LogP contribution in [0.1, 0.15) is 21.5 Å². The number of halogens is 1. The van der Waals surface area contributed by atoms with Crippen LogP contribution in [0.4, 0.5) is 11.4 Å². The molecule has 0 atom stereocenters. The zero-order chi connectivity index (χ0) is 19.9. The van der Waals surface area contributed by atoms with Crippen molar-refractivity contribution in [3.63, 3.8) is 0 Å².